The number of hydrogen-bond donors (Lipinski definition) is 0. The first-order valence-corrected chi connectivity index (χ1v) is 21.2. The zero-order chi connectivity index (χ0) is 41.2. The van der Waals surface area contributed by atoms with Gasteiger partial charge in [0, 0.05) is 49.0 Å². The molecule has 14 aromatic rings. The molecule has 14 rings (SSSR count). The van der Waals surface area contributed by atoms with E-state index in [9.17, 15) is 0 Å². The number of furan rings is 2. The molecule has 0 aliphatic rings. The standard InChI is InChI=1S/C57H32N4O2/c1-2-12-35-28-39(21-20-33(35)10-1)55-58-56(40-22-25-44-43-16-7-8-19-49(43)63-52(44)32-40)60-57(59-55)61-48-31-37-14-4-3-13-36(37)29-46(48)45-18-9-17-42(54(45)61)38-24-26-50-47(30-38)53-41-15-6-5-11-34(41)23-27-51(53)62-50/h1-32H. The molecule has 63 heavy (non-hydrogen) atoms. The van der Waals surface area contributed by atoms with Crippen LogP contribution in [-0.2, 0) is 0 Å². The maximum atomic E-state index is 6.47. The number of rotatable bonds is 4. The van der Waals surface area contributed by atoms with Crippen molar-refractivity contribution >= 4 is 98.0 Å². The minimum atomic E-state index is 0.524. The first kappa shape index (κ1) is 34.1. The van der Waals surface area contributed by atoms with E-state index in [1.54, 1.807) is 0 Å². The molecular formula is C57H32N4O2. The van der Waals surface area contributed by atoms with Gasteiger partial charge in [0.05, 0.1) is 11.0 Å². The summed E-state index contributed by atoms with van der Waals surface area (Å²) < 4.78 is 15.1. The van der Waals surface area contributed by atoms with Gasteiger partial charge in [0.15, 0.2) is 11.6 Å². The molecule has 0 aliphatic carbocycles. The Balaban J connectivity index is 1.07. The quantitative estimate of drug-likeness (QED) is 0.177. The van der Waals surface area contributed by atoms with Crippen LogP contribution in [0.15, 0.2) is 203 Å². The third kappa shape index (κ3) is 5.15. The highest BCUT2D eigenvalue weighted by Gasteiger charge is 2.23. The van der Waals surface area contributed by atoms with Crippen LogP contribution in [0.25, 0.3) is 138 Å². The molecule has 0 aliphatic heterocycles. The number of hydrogen-bond acceptors (Lipinski definition) is 5. The fraction of sp³-hybridized carbons (Fsp3) is 0. The van der Waals surface area contributed by atoms with Gasteiger partial charge < -0.3 is 8.83 Å². The van der Waals surface area contributed by atoms with E-state index in [-0.39, 0.29) is 0 Å². The molecule has 4 aromatic heterocycles. The lowest BCUT2D eigenvalue weighted by molar-refractivity contribution is 0.668. The minimum Gasteiger partial charge on any atom is -0.456 e. The molecule has 4 heterocycles. The average molecular weight is 805 g/mol. The predicted octanol–water partition coefficient (Wildman–Crippen LogP) is 15.2. The molecule has 0 atom stereocenters. The lowest BCUT2D eigenvalue weighted by atomic mass is 9.98. The van der Waals surface area contributed by atoms with Gasteiger partial charge in [-0.2, -0.15) is 9.97 Å². The van der Waals surface area contributed by atoms with Crippen LogP contribution in [0.3, 0.4) is 0 Å². The van der Waals surface area contributed by atoms with Gasteiger partial charge in [0.2, 0.25) is 5.95 Å². The van der Waals surface area contributed by atoms with E-state index < -0.39 is 0 Å². The Hall–Kier alpha value is -8.61. The Morgan fingerprint density at radius 2 is 0.937 bits per heavy atom. The van der Waals surface area contributed by atoms with E-state index in [0.717, 1.165) is 104 Å². The summed E-state index contributed by atoms with van der Waals surface area (Å²) in [7, 11) is 0. The van der Waals surface area contributed by atoms with E-state index in [1.165, 1.54) is 16.2 Å². The van der Waals surface area contributed by atoms with Gasteiger partial charge >= 0.3 is 0 Å². The molecule has 0 saturated heterocycles. The van der Waals surface area contributed by atoms with Crippen molar-refractivity contribution in [1.82, 2.24) is 19.5 Å². The molecule has 0 unspecified atom stereocenters. The van der Waals surface area contributed by atoms with E-state index in [1.807, 2.05) is 18.2 Å². The van der Waals surface area contributed by atoms with Crippen LogP contribution in [0.2, 0.25) is 0 Å². The minimum absolute atomic E-state index is 0.524. The van der Waals surface area contributed by atoms with E-state index >= 15 is 0 Å². The van der Waals surface area contributed by atoms with Crippen LogP contribution in [0, 0.1) is 0 Å². The summed E-state index contributed by atoms with van der Waals surface area (Å²) in [6.45, 7) is 0. The van der Waals surface area contributed by atoms with Crippen molar-refractivity contribution in [1.29, 1.82) is 0 Å². The maximum Gasteiger partial charge on any atom is 0.238 e. The monoisotopic (exact) mass is 804 g/mol. The second-order valence-corrected chi connectivity index (χ2v) is 16.4. The zero-order valence-electron chi connectivity index (χ0n) is 33.6. The van der Waals surface area contributed by atoms with E-state index in [0.29, 0.717) is 17.6 Å². The van der Waals surface area contributed by atoms with E-state index in [2.05, 4.69) is 180 Å². The van der Waals surface area contributed by atoms with Crippen LogP contribution in [0.1, 0.15) is 0 Å². The highest BCUT2D eigenvalue weighted by Crippen LogP contribution is 2.43. The van der Waals surface area contributed by atoms with Crippen molar-refractivity contribution in [3.05, 3.63) is 194 Å². The SMILES string of the molecule is c1ccc2cc(-c3nc(-c4ccc5c(c4)oc4ccccc45)nc(-n4c5cc6ccccc6cc5c5cccc(-c6ccc7oc8ccc9ccccc9c8c7c6)c54)n3)ccc2c1. The van der Waals surface area contributed by atoms with Crippen LogP contribution < -0.4 is 0 Å². The molecule has 0 bridgehead atoms. The maximum absolute atomic E-state index is 6.47. The van der Waals surface area contributed by atoms with Crippen LogP contribution in [0.4, 0.5) is 0 Å². The smallest absolute Gasteiger partial charge is 0.238 e. The fourth-order valence-corrected chi connectivity index (χ4v) is 9.82. The zero-order valence-corrected chi connectivity index (χ0v) is 33.6. The van der Waals surface area contributed by atoms with Crippen molar-refractivity contribution in [2.75, 3.05) is 0 Å². The first-order chi connectivity index (χ1) is 31.2. The van der Waals surface area contributed by atoms with Gasteiger partial charge in [-0.15, -0.1) is 0 Å². The highest BCUT2D eigenvalue weighted by atomic mass is 16.3. The largest absolute Gasteiger partial charge is 0.456 e. The summed E-state index contributed by atoms with van der Waals surface area (Å²) in [6, 6.07) is 68.2. The van der Waals surface area contributed by atoms with Crippen molar-refractivity contribution < 1.29 is 8.83 Å². The van der Waals surface area contributed by atoms with Crippen molar-refractivity contribution in [3.63, 3.8) is 0 Å². The van der Waals surface area contributed by atoms with Crippen molar-refractivity contribution in [2.45, 2.75) is 0 Å². The van der Waals surface area contributed by atoms with Gasteiger partial charge in [0.25, 0.3) is 0 Å². The summed E-state index contributed by atoms with van der Waals surface area (Å²) in [5, 5.41) is 13.5. The molecule has 6 heteroatoms. The number of nitrogens with zero attached hydrogens (tertiary/aromatic N) is 4. The molecule has 6 nitrogen and oxygen atoms in total. The van der Waals surface area contributed by atoms with Gasteiger partial charge in [-0.3, -0.25) is 4.57 Å². The van der Waals surface area contributed by atoms with Gasteiger partial charge in [-0.1, -0.05) is 140 Å². The molecule has 0 fully saturated rings. The van der Waals surface area contributed by atoms with Crippen LogP contribution in [-0.4, -0.2) is 19.5 Å². The Kier molecular flexibility index (Phi) is 7.02. The second-order valence-electron chi connectivity index (χ2n) is 16.4. The van der Waals surface area contributed by atoms with E-state index in [4.69, 9.17) is 23.8 Å². The normalized spacial score (nSPS) is 12.1. The number of fused-ring (bicyclic) bond motifs is 13. The predicted molar refractivity (Wildman–Crippen MR) is 258 cm³/mol. The molecule has 0 saturated carbocycles. The third-order valence-electron chi connectivity index (χ3n) is 12.8. The van der Waals surface area contributed by atoms with Crippen molar-refractivity contribution in [2.24, 2.45) is 0 Å². The van der Waals surface area contributed by atoms with Gasteiger partial charge in [0.1, 0.15) is 22.3 Å². The molecular weight excluding hydrogens is 773 g/mol. The van der Waals surface area contributed by atoms with Gasteiger partial charge in [-0.25, -0.2) is 4.98 Å². The summed E-state index contributed by atoms with van der Waals surface area (Å²) >= 11 is 0. The van der Waals surface area contributed by atoms with Crippen LogP contribution in [0.5, 0.6) is 0 Å². The lowest BCUT2D eigenvalue weighted by Crippen LogP contribution is -2.07. The lowest BCUT2D eigenvalue weighted by Gasteiger charge is -2.13. The average Bonchev–Trinajstić information content (AvgIpc) is 4.02. The molecule has 292 valence electrons. The molecule has 0 radical (unpaired) electrons. The molecule has 10 aromatic carbocycles. The topological polar surface area (TPSA) is 69.9 Å². The van der Waals surface area contributed by atoms with Crippen molar-refractivity contribution in [3.8, 4) is 39.9 Å². The Bertz CT molecular complexity index is 4230. The second kappa shape index (κ2) is 12.9. The summed E-state index contributed by atoms with van der Waals surface area (Å²) in [5.41, 5.74) is 9.23. The summed E-state index contributed by atoms with van der Waals surface area (Å²) in [6.07, 6.45) is 0. The van der Waals surface area contributed by atoms with Crippen LogP contribution >= 0.6 is 0 Å². The fourth-order valence-electron chi connectivity index (χ4n) is 9.82. The molecule has 0 N–H and O–H groups in total. The Morgan fingerprint density at radius 1 is 0.333 bits per heavy atom. The molecule has 0 amide bonds. The third-order valence-corrected chi connectivity index (χ3v) is 12.8. The highest BCUT2D eigenvalue weighted by molar-refractivity contribution is 6.21. The number of aromatic nitrogens is 4. The first-order valence-electron chi connectivity index (χ1n) is 21.2. The summed E-state index contributed by atoms with van der Waals surface area (Å²) in [5.74, 6) is 1.66. The number of para-hydroxylation sites is 2. The summed E-state index contributed by atoms with van der Waals surface area (Å²) in [4.78, 5) is 16.1. The molecule has 0 spiro atoms. The number of benzene rings is 10. The Labute approximate surface area is 358 Å². The Morgan fingerprint density at radius 3 is 1.79 bits per heavy atom. The van der Waals surface area contributed by atoms with Gasteiger partial charge in [-0.05, 0) is 92.5 Å².